The van der Waals surface area contributed by atoms with Gasteiger partial charge in [0.1, 0.15) is 5.75 Å². The molecule has 0 atom stereocenters. The van der Waals surface area contributed by atoms with E-state index in [-0.39, 0.29) is 11.9 Å². The Balaban J connectivity index is 2.57. The Labute approximate surface area is 113 Å². The molecule has 1 rings (SSSR count). The average molecular weight is 267 g/mol. The molecule has 0 fully saturated rings. The molecule has 0 spiro atoms. The number of pyridine rings is 1. The zero-order chi connectivity index (χ0) is 13.5. The number of Topliss-reactive ketones (excluding diaryl/α,β-unsaturated/α-hetero) is 1. The number of nitrogens with zero attached hydrogens (tertiary/aromatic N) is 1. The van der Waals surface area contributed by atoms with E-state index in [1.54, 1.807) is 30.2 Å². The van der Waals surface area contributed by atoms with Gasteiger partial charge in [-0.2, -0.15) is 11.8 Å². The van der Waals surface area contributed by atoms with Crippen molar-refractivity contribution in [1.82, 2.24) is 4.98 Å². The molecule has 0 aromatic carbocycles. The van der Waals surface area contributed by atoms with Crippen LogP contribution in [0.3, 0.4) is 0 Å². The summed E-state index contributed by atoms with van der Waals surface area (Å²) >= 11 is 1.67. The first-order chi connectivity index (χ1) is 8.49. The molecule has 0 saturated heterocycles. The van der Waals surface area contributed by atoms with Gasteiger partial charge >= 0.3 is 0 Å². The fourth-order valence-corrected chi connectivity index (χ4v) is 2.32. The zero-order valence-corrected chi connectivity index (χ0v) is 12.3. The Kier molecular flexibility index (Phi) is 6.19. The lowest BCUT2D eigenvalue weighted by molar-refractivity contribution is 0.102. The normalized spacial score (nSPS) is 11.0. The summed E-state index contributed by atoms with van der Waals surface area (Å²) in [6.45, 7) is 8.20. The molecule has 1 aromatic heterocycles. The molecule has 100 valence electrons. The van der Waals surface area contributed by atoms with E-state index in [1.165, 1.54) is 0 Å². The van der Waals surface area contributed by atoms with Gasteiger partial charge in [-0.15, -0.1) is 0 Å². The van der Waals surface area contributed by atoms with Crippen LogP contribution in [0, 0.1) is 5.92 Å². The Morgan fingerprint density at radius 2 is 2.06 bits per heavy atom. The fraction of sp³-hybridized carbons (Fsp3) is 0.571. The summed E-state index contributed by atoms with van der Waals surface area (Å²) in [6.07, 6.45) is 3.33. The molecular formula is C14H21NO2S. The second-order valence-electron chi connectivity index (χ2n) is 4.91. The molecule has 0 N–H and O–H groups in total. The van der Waals surface area contributed by atoms with Crippen molar-refractivity contribution < 1.29 is 9.53 Å². The monoisotopic (exact) mass is 267 g/mol. The topological polar surface area (TPSA) is 39.2 Å². The van der Waals surface area contributed by atoms with E-state index in [4.69, 9.17) is 4.74 Å². The lowest BCUT2D eigenvalue weighted by Gasteiger charge is -2.10. The number of hydrogen-bond donors (Lipinski definition) is 0. The number of rotatable bonds is 7. The molecular weight excluding hydrogens is 246 g/mol. The third-order valence-corrected chi connectivity index (χ3v) is 3.46. The summed E-state index contributed by atoms with van der Waals surface area (Å²) in [6, 6.07) is 1.77. The highest BCUT2D eigenvalue weighted by atomic mass is 32.2. The van der Waals surface area contributed by atoms with Crippen molar-refractivity contribution in [2.24, 2.45) is 5.92 Å². The van der Waals surface area contributed by atoms with Crippen LogP contribution < -0.4 is 4.74 Å². The molecule has 0 amide bonds. The van der Waals surface area contributed by atoms with Crippen LogP contribution in [0.5, 0.6) is 5.75 Å². The molecule has 0 aliphatic heterocycles. The van der Waals surface area contributed by atoms with E-state index >= 15 is 0 Å². The number of thioether (sulfide) groups is 1. The first-order valence-corrected chi connectivity index (χ1v) is 7.37. The van der Waals surface area contributed by atoms with Gasteiger partial charge in [0.15, 0.2) is 5.78 Å². The third-order valence-electron chi connectivity index (χ3n) is 2.09. The molecule has 3 nitrogen and oxygen atoms in total. The predicted molar refractivity (Wildman–Crippen MR) is 76.5 cm³/mol. The van der Waals surface area contributed by atoms with Crippen LogP contribution in [0.1, 0.15) is 38.1 Å². The van der Waals surface area contributed by atoms with Crippen molar-refractivity contribution in [2.45, 2.75) is 33.8 Å². The van der Waals surface area contributed by atoms with Gasteiger partial charge in [0.05, 0.1) is 18.1 Å². The third kappa shape index (κ3) is 5.54. The quantitative estimate of drug-likeness (QED) is 0.709. The van der Waals surface area contributed by atoms with Gasteiger partial charge in [-0.1, -0.05) is 13.8 Å². The minimum atomic E-state index is 0.0902. The van der Waals surface area contributed by atoms with Gasteiger partial charge in [0, 0.05) is 11.8 Å². The SMILES string of the molecule is CC(C)CSCC(=O)c1cncc(OC(C)C)c1. The molecule has 1 heterocycles. The van der Waals surface area contributed by atoms with Gasteiger partial charge in [-0.25, -0.2) is 0 Å². The Morgan fingerprint density at radius 3 is 2.67 bits per heavy atom. The lowest BCUT2D eigenvalue weighted by atomic mass is 10.2. The van der Waals surface area contributed by atoms with Gasteiger partial charge in [-0.05, 0) is 31.6 Å². The molecule has 1 aromatic rings. The average Bonchev–Trinajstić information content (AvgIpc) is 2.27. The lowest BCUT2D eigenvalue weighted by Crippen LogP contribution is -2.08. The first-order valence-electron chi connectivity index (χ1n) is 6.21. The standard InChI is InChI=1S/C14H21NO2S/c1-10(2)8-18-9-14(16)12-5-13(7-15-6-12)17-11(3)4/h5-7,10-11H,8-9H2,1-4H3. The van der Waals surface area contributed by atoms with Gasteiger partial charge in [0.2, 0.25) is 0 Å². The van der Waals surface area contributed by atoms with Crippen LogP contribution in [0.15, 0.2) is 18.5 Å². The first kappa shape index (κ1) is 15.0. The van der Waals surface area contributed by atoms with Crippen molar-refractivity contribution in [3.8, 4) is 5.75 Å². The van der Waals surface area contributed by atoms with Crippen molar-refractivity contribution in [1.29, 1.82) is 0 Å². The van der Waals surface area contributed by atoms with Gasteiger partial charge < -0.3 is 4.74 Å². The number of aromatic nitrogens is 1. The number of carbonyl (C=O) groups is 1. The minimum absolute atomic E-state index is 0.0902. The van der Waals surface area contributed by atoms with Crippen molar-refractivity contribution in [3.63, 3.8) is 0 Å². The van der Waals surface area contributed by atoms with Crippen LogP contribution in [-0.4, -0.2) is 28.4 Å². The van der Waals surface area contributed by atoms with Gasteiger partial charge in [-0.3, -0.25) is 9.78 Å². The summed E-state index contributed by atoms with van der Waals surface area (Å²) in [5, 5.41) is 0. The zero-order valence-electron chi connectivity index (χ0n) is 11.5. The van der Waals surface area contributed by atoms with Crippen molar-refractivity contribution in [3.05, 3.63) is 24.0 Å². The molecule has 0 bridgehead atoms. The highest BCUT2D eigenvalue weighted by molar-refractivity contribution is 7.99. The molecule has 0 aliphatic rings. The number of hydrogen-bond acceptors (Lipinski definition) is 4. The maximum atomic E-state index is 11.9. The summed E-state index contributed by atoms with van der Waals surface area (Å²) in [5.74, 6) is 2.88. The molecule has 0 saturated carbocycles. The molecule has 18 heavy (non-hydrogen) atoms. The van der Waals surface area contributed by atoms with Crippen LogP contribution in [0.25, 0.3) is 0 Å². The maximum absolute atomic E-state index is 11.9. The number of ketones is 1. The molecule has 0 aliphatic carbocycles. The summed E-state index contributed by atoms with van der Waals surface area (Å²) in [5.41, 5.74) is 0.629. The highest BCUT2D eigenvalue weighted by Crippen LogP contribution is 2.16. The molecule has 4 heteroatoms. The molecule has 0 radical (unpaired) electrons. The van der Waals surface area contributed by atoms with Gasteiger partial charge in [0.25, 0.3) is 0 Å². The van der Waals surface area contributed by atoms with E-state index in [0.29, 0.717) is 23.0 Å². The van der Waals surface area contributed by atoms with E-state index < -0.39 is 0 Å². The summed E-state index contributed by atoms with van der Waals surface area (Å²) in [7, 11) is 0. The summed E-state index contributed by atoms with van der Waals surface area (Å²) < 4.78 is 5.53. The molecule has 0 unspecified atom stereocenters. The van der Waals surface area contributed by atoms with E-state index in [2.05, 4.69) is 18.8 Å². The fourth-order valence-electron chi connectivity index (χ4n) is 1.38. The maximum Gasteiger partial charge on any atom is 0.174 e. The van der Waals surface area contributed by atoms with Crippen LogP contribution >= 0.6 is 11.8 Å². The number of ether oxygens (including phenoxy) is 1. The Morgan fingerprint density at radius 1 is 1.33 bits per heavy atom. The van der Waals surface area contributed by atoms with Crippen LogP contribution in [-0.2, 0) is 0 Å². The number of carbonyl (C=O) groups excluding carboxylic acids is 1. The smallest absolute Gasteiger partial charge is 0.174 e. The minimum Gasteiger partial charge on any atom is -0.489 e. The Bertz CT molecular complexity index is 391. The largest absolute Gasteiger partial charge is 0.489 e. The van der Waals surface area contributed by atoms with Crippen molar-refractivity contribution >= 4 is 17.5 Å². The Hall–Kier alpha value is -1.03. The van der Waals surface area contributed by atoms with Crippen LogP contribution in [0.2, 0.25) is 0 Å². The van der Waals surface area contributed by atoms with E-state index in [9.17, 15) is 4.79 Å². The van der Waals surface area contributed by atoms with Crippen LogP contribution in [0.4, 0.5) is 0 Å². The van der Waals surface area contributed by atoms with E-state index in [1.807, 2.05) is 13.8 Å². The summed E-state index contributed by atoms with van der Waals surface area (Å²) in [4.78, 5) is 16.0. The van der Waals surface area contributed by atoms with E-state index in [0.717, 1.165) is 5.75 Å². The van der Waals surface area contributed by atoms with Crippen molar-refractivity contribution in [2.75, 3.05) is 11.5 Å². The highest BCUT2D eigenvalue weighted by Gasteiger charge is 2.09. The predicted octanol–water partition coefficient (Wildman–Crippen LogP) is 3.44. The second-order valence-corrected chi connectivity index (χ2v) is 5.94. The second kappa shape index (κ2) is 7.41.